The van der Waals surface area contributed by atoms with Gasteiger partial charge in [0.05, 0.1) is 4.92 Å². The summed E-state index contributed by atoms with van der Waals surface area (Å²) in [4.78, 5) is 22.5. The van der Waals surface area contributed by atoms with Crippen LogP contribution in [0.2, 0.25) is 0 Å². The molecule has 0 radical (unpaired) electrons. The Morgan fingerprint density at radius 1 is 1.50 bits per heavy atom. The average molecular weight is 343 g/mol. The van der Waals surface area contributed by atoms with Gasteiger partial charge in [-0.2, -0.15) is 0 Å². The number of carbonyl (C=O) groups excluding carboxylic acids is 1. The third kappa shape index (κ3) is 4.59. The molecule has 1 aromatic rings. The van der Waals surface area contributed by atoms with Crippen LogP contribution < -0.4 is 5.32 Å². The van der Waals surface area contributed by atoms with Crippen molar-refractivity contribution in [3.8, 4) is 0 Å². The minimum absolute atomic E-state index is 0.142. The number of nitro groups is 1. The van der Waals surface area contributed by atoms with Gasteiger partial charge in [0.2, 0.25) is 0 Å². The number of amides is 1. The number of alkyl halides is 1. The van der Waals surface area contributed by atoms with Crippen molar-refractivity contribution in [2.75, 3.05) is 11.9 Å². The third-order valence-electron chi connectivity index (χ3n) is 3.10. The molecule has 5 nitrogen and oxygen atoms in total. The van der Waals surface area contributed by atoms with Crippen molar-refractivity contribution in [2.24, 2.45) is 5.92 Å². The summed E-state index contributed by atoms with van der Waals surface area (Å²) in [5.41, 5.74) is 0.632. The molecule has 110 valence electrons. The molecule has 0 aliphatic rings. The van der Waals surface area contributed by atoms with E-state index in [1.54, 1.807) is 19.1 Å². The maximum Gasteiger partial charge on any atom is 0.282 e. The maximum absolute atomic E-state index is 12.1. The smallest absolute Gasteiger partial charge is 0.282 e. The molecule has 0 bridgehead atoms. The second-order valence-corrected chi connectivity index (χ2v) is 5.53. The Morgan fingerprint density at radius 3 is 2.80 bits per heavy atom. The molecule has 0 saturated carbocycles. The van der Waals surface area contributed by atoms with E-state index in [0.717, 1.165) is 18.2 Å². The lowest BCUT2D eigenvalue weighted by Crippen LogP contribution is -2.26. The van der Waals surface area contributed by atoms with E-state index in [9.17, 15) is 14.9 Å². The SMILES string of the molecule is Cc1cccc([N+](=O)[O-])c1C(=O)NCCCC(C)CBr. The van der Waals surface area contributed by atoms with Crippen LogP contribution >= 0.6 is 15.9 Å². The number of hydrogen-bond acceptors (Lipinski definition) is 3. The number of rotatable bonds is 7. The van der Waals surface area contributed by atoms with Gasteiger partial charge in [-0.1, -0.05) is 35.0 Å². The van der Waals surface area contributed by atoms with E-state index in [1.807, 2.05) is 0 Å². The van der Waals surface area contributed by atoms with E-state index < -0.39 is 4.92 Å². The Bertz CT molecular complexity index is 491. The highest BCUT2D eigenvalue weighted by Crippen LogP contribution is 2.21. The first-order valence-electron chi connectivity index (χ1n) is 6.55. The van der Waals surface area contributed by atoms with Crippen LogP contribution in [-0.4, -0.2) is 22.7 Å². The van der Waals surface area contributed by atoms with Crippen molar-refractivity contribution >= 4 is 27.5 Å². The fourth-order valence-corrected chi connectivity index (χ4v) is 2.24. The van der Waals surface area contributed by atoms with Crippen molar-refractivity contribution in [3.63, 3.8) is 0 Å². The Morgan fingerprint density at radius 2 is 2.20 bits per heavy atom. The molecule has 1 aromatic carbocycles. The Hall–Kier alpha value is -1.43. The van der Waals surface area contributed by atoms with Crippen molar-refractivity contribution in [2.45, 2.75) is 26.7 Å². The minimum Gasteiger partial charge on any atom is -0.352 e. The molecule has 1 atom stereocenters. The molecule has 1 rings (SSSR count). The number of nitrogens with one attached hydrogen (secondary N) is 1. The second-order valence-electron chi connectivity index (χ2n) is 4.88. The number of nitrogens with zero attached hydrogens (tertiary/aromatic N) is 1. The average Bonchev–Trinajstić information content (AvgIpc) is 2.42. The predicted octanol–water partition coefficient (Wildman–Crippen LogP) is 3.44. The van der Waals surface area contributed by atoms with Crippen molar-refractivity contribution < 1.29 is 9.72 Å². The first kappa shape index (κ1) is 16.6. The molecule has 1 amide bonds. The number of benzene rings is 1. The fraction of sp³-hybridized carbons (Fsp3) is 0.500. The summed E-state index contributed by atoms with van der Waals surface area (Å²) in [6.45, 7) is 4.36. The number of carbonyl (C=O) groups is 1. The molecule has 1 N–H and O–H groups in total. The van der Waals surface area contributed by atoms with Gasteiger partial charge in [-0.3, -0.25) is 14.9 Å². The first-order valence-corrected chi connectivity index (χ1v) is 7.67. The molecule has 0 aliphatic carbocycles. The zero-order valence-electron chi connectivity index (χ0n) is 11.7. The Balaban J connectivity index is 2.66. The summed E-state index contributed by atoms with van der Waals surface area (Å²) in [5, 5.41) is 14.6. The summed E-state index contributed by atoms with van der Waals surface area (Å²) < 4.78 is 0. The maximum atomic E-state index is 12.1. The topological polar surface area (TPSA) is 72.2 Å². The summed E-state index contributed by atoms with van der Waals surface area (Å²) in [6.07, 6.45) is 1.86. The van der Waals surface area contributed by atoms with Crippen LogP contribution in [-0.2, 0) is 0 Å². The number of aryl methyl sites for hydroxylation is 1. The molecule has 0 spiro atoms. The molecule has 0 aliphatic heterocycles. The molecule has 1 unspecified atom stereocenters. The van der Waals surface area contributed by atoms with Crippen LogP contribution in [0.4, 0.5) is 5.69 Å². The summed E-state index contributed by atoms with van der Waals surface area (Å²) >= 11 is 3.41. The molecule has 20 heavy (non-hydrogen) atoms. The molecule has 0 heterocycles. The van der Waals surface area contributed by atoms with E-state index in [2.05, 4.69) is 28.2 Å². The molecule has 0 saturated heterocycles. The normalized spacial score (nSPS) is 11.9. The van der Waals surface area contributed by atoms with E-state index >= 15 is 0 Å². The third-order valence-corrected chi connectivity index (χ3v) is 4.20. The van der Waals surface area contributed by atoms with Crippen LogP contribution in [0.5, 0.6) is 0 Å². The number of hydrogen-bond donors (Lipinski definition) is 1. The lowest BCUT2D eigenvalue weighted by molar-refractivity contribution is -0.385. The van der Waals surface area contributed by atoms with Gasteiger partial charge in [-0.25, -0.2) is 0 Å². The van der Waals surface area contributed by atoms with E-state index in [-0.39, 0.29) is 17.2 Å². The summed E-state index contributed by atoms with van der Waals surface area (Å²) in [7, 11) is 0. The van der Waals surface area contributed by atoms with Crippen LogP contribution in [0.1, 0.15) is 35.7 Å². The van der Waals surface area contributed by atoms with Crippen molar-refractivity contribution in [1.29, 1.82) is 0 Å². The zero-order chi connectivity index (χ0) is 15.1. The quantitative estimate of drug-likeness (QED) is 0.357. The zero-order valence-corrected chi connectivity index (χ0v) is 13.3. The lowest BCUT2D eigenvalue weighted by Gasteiger charge is -2.10. The van der Waals surface area contributed by atoms with Crippen molar-refractivity contribution in [1.82, 2.24) is 5.32 Å². The Labute approximate surface area is 127 Å². The monoisotopic (exact) mass is 342 g/mol. The Kier molecular flexibility index (Phi) is 6.64. The summed E-state index contributed by atoms with van der Waals surface area (Å²) in [6, 6.07) is 4.64. The van der Waals surface area contributed by atoms with Gasteiger partial charge in [0.15, 0.2) is 0 Å². The number of halogens is 1. The highest BCUT2D eigenvalue weighted by molar-refractivity contribution is 9.09. The molecule has 0 aromatic heterocycles. The highest BCUT2D eigenvalue weighted by Gasteiger charge is 2.21. The highest BCUT2D eigenvalue weighted by atomic mass is 79.9. The van der Waals surface area contributed by atoms with Gasteiger partial charge in [-0.05, 0) is 31.2 Å². The molecule has 0 fully saturated rings. The van der Waals surface area contributed by atoms with Crippen LogP contribution in [0.3, 0.4) is 0 Å². The van der Waals surface area contributed by atoms with E-state index in [1.165, 1.54) is 6.07 Å². The number of nitro benzene ring substituents is 1. The van der Waals surface area contributed by atoms with Gasteiger partial charge in [-0.15, -0.1) is 0 Å². The van der Waals surface area contributed by atoms with Crippen LogP contribution in [0.25, 0.3) is 0 Å². The standard InChI is InChI=1S/C14H19BrN2O3/c1-10(9-15)5-4-8-16-14(18)13-11(2)6-3-7-12(13)17(19)20/h3,6-7,10H,4-5,8-9H2,1-2H3,(H,16,18). The molecular weight excluding hydrogens is 324 g/mol. The van der Waals surface area contributed by atoms with E-state index in [4.69, 9.17) is 0 Å². The molecular formula is C14H19BrN2O3. The second kappa shape index (κ2) is 7.99. The lowest BCUT2D eigenvalue weighted by atomic mass is 10.1. The first-order chi connectivity index (χ1) is 9.47. The van der Waals surface area contributed by atoms with Crippen LogP contribution in [0, 0.1) is 23.0 Å². The van der Waals surface area contributed by atoms with Gasteiger partial charge < -0.3 is 5.32 Å². The van der Waals surface area contributed by atoms with Gasteiger partial charge in [0, 0.05) is 17.9 Å². The largest absolute Gasteiger partial charge is 0.352 e. The van der Waals surface area contributed by atoms with Crippen LogP contribution in [0.15, 0.2) is 18.2 Å². The van der Waals surface area contributed by atoms with E-state index in [0.29, 0.717) is 18.0 Å². The fourth-order valence-electron chi connectivity index (χ4n) is 1.92. The molecule has 6 heteroatoms. The summed E-state index contributed by atoms with van der Waals surface area (Å²) in [5.74, 6) is 0.181. The van der Waals surface area contributed by atoms with Crippen molar-refractivity contribution in [3.05, 3.63) is 39.4 Å². The van der Waals surface area contributed by atoms with Gasteiger partial charge >= 0.3 is 0 Å². The van der Waals surface area contributed by atoms with Gasteiger partial charge in [0.1, 0.15) is 5.56 Å². The predicted molar refractivity (Wildman–Crippen MR) is 82.4 cm³/mol. The minimum atomic E-state index is -0.519. The van der Waals surface area contributed by atoms with Gasteiger partial charge in [0.25, 0.3) is 11.6 Å².